The van der Waals surface area contributed by atoms with Crippen LogP contribution in [0.2, 0.25) is 10.0 Å². The molecule has 2 aliphatic heterocycles. The van der Waals surface area contributed by atoms with Gasteiger partial charge in [0.2, 0.25) is 10.0 Å². The first kappa shape index (κ1) is 29.4. The molecule has 0 saturated carbocycles. The molecule has 0 radical (unpaired) electrons. The van der Waals surface area contributed by atoms with Gasteiger partial charge in [0.05, 0.1) is 39.3 Å². The summed E-state index contributed by atoms with van der Waals surface area (Å²) in [6.45, 7) is 2.60. The second-order valence-corrected chi connectivity index (χ2v) is 13.3. The molecule has 15 heteroatoms. The minimum absolute atomic E-state index is 0.0254. The Bertz CT molecular complexity index is 1660. The number of carbonyl (C=O) groups excluding carboxylic acids is 1. The summed E-state index contributed by atoms with van der Waals surface area (Å²) in [7, 11) is -4.00. The lowest BCUT2D eigenvalue weighted by Gasteiger charge is -2.26. The van der Waals surface area contributed by atoms with Gasteiger partial charge in [-0.1, -0.05) is 35.3 Å². The molecule has 3 aromatic rings. The molecule has 41 heavy (non-hydrogen) atoms. The van der Waals surface area contributed by atoms with Crippen molar-refractivity contribution in [2.24, 2.45) is 0 Å². The molecule has 11 nitrogen and oxygen atoms in total. The lowest BCUT2D eigenvalue weighted by atomic mass is 10.0. The van der Waals surface area contributed by atoms with E-state index in [1.165, 1.54) is 33.8 Å². The van der Waals surface area contributed by atoms with Crippen LogP contribution >= 0.6 is 34.5 Å². The number of nitro groups is 1. The zero-order valence-corrected chi connectivity index (χ0v) is 24.6. The molecule has 0 unspecified atom stereocenters. The number of hydrogen-bond acceptors (Lipinski definition) is 9. The summed E-state index contributed by atoms with van der Waals surface area (Å²) in [4.78, 5) is 26.7. The van der Waals surface area contributed by atoms with Gasteiger partial charge >= 0.3 is 0 Å². The molecule has 2 aromatic carbocycles. The first-order valence-electron chi connectivity index (χ1n) is 12.5. The van der Waals surface area contributed by atoms with Crippen molar-refractivity contribution in [2.45, 2.75) is 24.4 Å². The minimum atomic E-state index is -4.00. The fourth-order valence-electron chi connectivity index (χ4n) is 4.78. The maximum Gasteiger partial charge on any atom is 0.269 e. The standard InChI is InChI=1S/C26H23Cl2N5O6S2/c27-21-12-22(28)24(41(37,38)32-7-9-39-10-8-32)11-19(21)25(34)30-26-20(13-29)18-5-6-31(15-23(18)40-26)14-16-1-3-17(4-2-16)33(35)36/h1-4,11-12H,5-10,14-15H2,(H,30,34). The molecule has 1 fully saturated rings. The normalized spacial score (nSPS) is 16.1. The molecular weight excluding hydrogens is 613 g/mol. The molecule has 1 N–H and O–H groups in total. The number of ether oxygens (including phenoxy) is 1. The number of nitrogens with one attached hydrogen (secondary N) is 1. The highest BCUT2D eigenvalue weighted by Crippen LogP contribution is 2.38. The number of anilines is 1. The van der Waals surface area contributed by atoms with E-state index in [1.54, 1.807) is 12.1 Å². The number of benzene rings is 2. The largest absolute Gasteiger partial charge is 0.379 e. The Balaban J connectivity index is 1.36. The highest BCUT2D eigenvalue weighted by atomic mass is 35.5. The molecule has 0 bridgehead atoms. The van der Waals surface area contributed by atoms with Gasteiger partial charge < -0.3 is 10.1 Å². The van der Waals surface area contributed by atoms with Gasteiger partial charge in [-0.15, -0.1) is 11.3 Å². The second kappa shape index (κ2) is 12.0. The summed E-state index contributed by atoms with van der Waals surface area (Å²) in [5.41, 5.74) is 2.08. The fourth-order valence-corrected chi connectivity index (χ4v) is 8.25. The number of amides is 1. The topological polar surface area (TPSA) is 146 Å². The van der Waals surface area contributed by atoms with Gasteiger partial charge in [0.1, 0.15) is 16.0 Å². The van der Waals surface area contributed by atoms with E-state index in [-0.39, 0.29) is 52.5 Å². The summed E-state index contributed by atoms with van der Waals surface area (Å²) in [6, 6.07) is 11.0. The Morgan fingerprint density at radius 2 is 1.85 bits per heavy atom. The van der Waals surface area contributed by atoms with E-state index in [0.29, 0.717) is 36.6 Å². The number of hydrogen-bond donors (Lipinski definition) is 1. The quantitative estimate of drug-likeness (QED) is 0.291. The first-order valence-corrected chi connectivity index (χ1v) is 15.5. The summed E-state index contributed by atoms with van der Waals surface area (Å²) in [6.07, 6.45) is 0.585. The monoisotopic (exact) mass is 635 g/mol. The number of carbonyl (C=O) groups is 1. The maximum atomic E-state index is 13.3. The molecule has 0 aliphatic carbocycles. The van der Waals surface area contributed by atoms with Crippen molar-refractivity contribution in [3.8, 4) is 6.07 Å². The minimum Gasteiger partial charge on any atom is -0.379 e. The van der Waals surface area contributed by atoms with Gasteiger partial charge in [-0.25, -0.2) is 8.42 Å². The maximum absolute atomic E-state index is 13.3. The highest BCUT2D eigenvalue weighted by molar-refractivity contribution is 7.89. The zero-order chi connectivity index (χ0) is 29.3. The number of nitriles is 1. The third kappa shape index (κ3) is 6.09. The average Bonchev–Trinajstić information content (AvgIpc) is 3.29. The SMILES string of the molecule is N#Cc1c(NC(=O)c2cc(S(=O)(=O)N3CCOCC3)c(Cl)cc2Cl)sc2c1CCN(Cc1ccc([N+](=O)[O-])cc1)C2. The van der Waals surface area contributed by atoms with Crippen molar-refractivity contribution < 1.29 is 22.9 Å². The van der Waals surface area contributed by atoms with Crippen molar-refractivity contribution in [1.29, 1.82) is 5.26 Å². The average molecular weight is 637 g/mol. The Kier molecular flexibility index (Phi) is 8.62. The van der Waals surface area contributed by atoms with Crippen LogP contribution in [0.1, 0.15) is 31.9 Å². The summed E-state index contributed by atoms with van der Waals surface area (Å²) in [5.74, 6) is -0.664. The molecule has 214 valence electrons. The van der Waals surface area contributed by atoms with Crippen LogP contribution in [0.3, 0.4) is 0 Å². The van der Waals surface area contributed by atoms with Crippen LogP contribution < -0.4 is 5.32 Å². The van der Waals surface area contributed by atoms with Gasteiger partial charge in [-0.2, -0.15) is 9.57 Å². The van der Waals surface area contributed by atoms with E-state index >= 15 is 0 Å². The number of non-ortho nitro benzene ring substituents is 1. The van der Waals surface area contributed by atoms with Crippen LogP contribution in [-0.2, 0) is 34.3 Å². The van der Waals surface area contributed by atoms with Crippen LogP contribution in [0, 0.1) is 21.4 Å². The number of sulfonamides is 1. The molecule has 0 atom stereocenters. The highest BCUT2D eigenvalue weighted by Gasteiger charge is 2.31. The van der Waals surface area contributed by atoms with Crippen LogP contribution in [-0.4, -0.2) is 61.3 Å². The van der Waals surface area contributed by atoms with E-state index < -0.39 is 20.9 Å². The number of thiophene rings is 1. The molecule has 1 aromatic heterocycles. The first-order chi connectivity index (χ1) is 19.6. The van der Waals surface area contributed by atoms with Crippen molar-refractivity contribution >= 4 is 61.2 Å². The van der Waals surface area contributed by atoms with E-state index in [2.05, 4.69) is 16.3 Å². The van der Waals surface area contributed by atoms with E-state index in [4.69, 9.17) is 27.9 Å². The van der Waals surface area contributed by atoms with Crippen LogP contribution in [0.4, 0.5) is 10.7 Å². The van der Waals surface area contributed by atoms with Crippen molar-refractivity contribution in [1.82, 2.24) is 9.21 Å². The summed E-state index contributed by atoms with van der Waals surface area (Å²) < 4.78 is 32.9. The number of nitrogens with zero attached hydrogens (tertiary/aromatic N) is 4. The van der Waals surface area contributed by atoms with Crippen LogP contribution in [0.25, 0.3) is 0 Å². The lowest BCUT2D eigenvalue weighted by molar-refractivity contribution is -0.384. The number of rotatable bonds is 7. The van der Waals surface area contributed by atoms with E-state index in [9.17, 15) is 28.6 Å². The Hall–Kier alpha value is -3.09. The molecule has 5 rings (SSSR count). The van der Waals surface area contributed by atoms with Crippen molar-refractivity contribution in [2.75, 3.05) is 38.2 Å². The number of morpholine rings is 1. The summed E-state index contributed by atoms with van der Waals surface area (Å²) >= 11 is 13.8. The van der Waals surface area contributed by atoms with Crippen LogP contribution in [0.15, 0.2) is 41.3 Å². The van der Waals surface area contributed by atoms with Gasteiger partial charge in [-0.3, -0.25) is 19.8 Å². The molecule has 1 saturated heterocycles. The van der Waals surface area contributed by atoms with Crippen molar-refractivity contribution in [3.05, 3.63) is 83.7 Å². The number of fused-ring (bicyclic) bond motifs is 1. The van der Waals surface area contributed by atoms with Crippen LogP contribution in [0.5, 0.6) is 0 Å². The van der Waals surface area contributed by atoms with E-state index in [1.807, 2.05) is 0 Å². The second-order valence-electron chi connectivity index (χ2n) is 9.44. The number of halogens is 2. The van der Waals surface area contributed by atoms with Crippen molar-refractivity contribution in [3.63, 3.8) is 0 Å². The van der Waals surface area contributed by atoms with E-state index in [0.717, 1.165) is 22.1 Å². The predicted molar refractivity (Wildman–Crippen MR) is 154 cm³/mol. The Morgan fingerprint density at radius 3 is 2.51 bits per heavy atom. The molecular formula is C26H23Cl2N5O6S2. The lowest BCUT2D eigenvalue weighted by Crippen LogP contribution is -2.40. The zero-order valence-electron chi connectivity index (χ0n) is 21.4. The molecule has 1 amide bonds. The van der Waals surface area contributed by atoms with Gasteiger partial charge in [0.15, 0.2) is 0 Å². The third-order valence-electron chi connectivity index (χ3n) is 6.88. The predicted octanol–water partition coefficient (Wildman–Crippen LogP) is 4.67. The molecule has 3 heterocycles. The Morgan fingerprint density at radius 1 is 1.15 bits per heavy atom. The van der Waals surface area contributed by atoms with Gasteiger partial charge in [0, 0.05) is 49.7 Å². The van der Waals surface area contributed by atoms with Gasteiger partial charge in [-0.05, 0) is 29.7 Å². The molecule has 0 spiro atoms. The Labute approximate surface area is 250 Å². The summed E-state index contributed by atoms with van der Waals surface area (Å²) in [5, 5.41) is 23.8. The fraction of sp³-hybridized carbons (Fsp3) is 0.308. The third-order valence-corrected chi connectivity index (χ3v) is 10.7. The molecule has 2 aliphatic rings. The number of nitro benzene ring substituents is 1. The van der Waals surface area contributed by atoms with Gasteiger partial charge in [0.25, 0.3) is 11.6 Å². The smallest absolute Gasteiger partial charge is 0.269 e.